The number of ether oxygens (including phenoxy) is 1. The predicted octanol–water partition coefficient (Wildman–Crippen LogP) is 3.51. The highest BCUT2D eigenvalue weighted by Gasteiger charge is 2.11. The third-order valence-corrected chi connectivity index (χ3v) is 4.50. The highest BCUT2D eigenvalue weighted by atomic mass is 79.9. The van der Waals surface area contributed by atoms with Gasteiger partial charge in [0, 0.05) is 15.0 Å². The molecule has 0 aliphatic rings. The van der Waals surface area contributed by atoms with Crippen LogP contribution in [0.15, 0.2) is 51.7 Å². The predicted molar refractivity (Wildman–Crippen MR) is 99.9 cm³/mol. The summed E-state index contributed by atoms with van der Waals surface area (Å²) in [5.41, 5.74) is 2.49. The number of aryl methyl sites for hydroxylation is 1. The molecule has 1 amide bonds. The molecule has 3 aromatic rings. The van der Waals surface area contributed by atoms with E-state index in [4.69, 9.17) is 4.74 Å². The highest BCUT2D eigenvalue weighted by Crippen LogP contribution is 2.32. The van der Waals surface area contributed by atoms with Crippen LogP contribution in [0.4, 0.5) is 5.69 Å². The van der Waals surface area contributed by atoms with Crippen molar-refractivity contribution in [3.8, 4) is 11.4 Å². The van der Waals surface area contributed by atoms with E-state index in [0.717, 1.165) is 20.2 Å². The van der Waals surface area contributed by atoms with E-state index >= 15 is 0 Å². The first-order valence-electron chi connectivity index (χ1n) is 7.24. The van der Waals surface area contributed by atoms with Gasteiger partial charge in [-0.3, -0.25) is 4.79 Å². The Morgan fingerprint density at radius 1 is 1.24 bits per heavy atom. The van der Waals surface area contributed by atoms with Crippen LogP contribution in [0.1, 0.15) is 5.56 Å². The second-order valence-electron chi connectivity index (χ2n) is 5.19. The Labute approximate surface area is 160 Å². The molecule has 1 aromatic heterocycles. The van der Waals surface area contributed by atoms with Crippen LogP contribution in [0, 0.1) is 6.92 Å². The number of carbonyl (C=O) groups excluding carboxylic acids is 1. The monoisotopic (exact) mass is 465 g/mol. The van der Waals surface area contributed by atoms with Gasteiger partial charge in [-0.25, -0.2) is 4.68 Å². The molecule has 0 radical (unpaired) electrons. The number of amides is 1. The molecule has 1 heterocycles. The van der Waals surface area contributed by atoms with Crippen LogP contribution in [0.25, 0.3) is 5.69 Å². The Balaban J connectivity index is 1.64. The van der Waals surface area contributed by atoms with Crippen molar-refractivity contribution >= 4 is 43.5 Å². The molecule has 0 atom stereocenters. The summed E-state index contributed by atoms with van der Waals surface area (Å²) in [6.07, 6.45) is 1.48. The number of benzene rings is 2. The number of hydrogen-bond acceptors (Lipinski definition) is 5. The highest BCUT2D eigenvalue weighted by molar-refractivity contribution is 9.11. The first-order chi connectivity index (χ1) is 12.0. The standard InChI is InChI=1S/C16H13Br2N5O2/c1-10-5-13(17)16(14(18)6-10)20-15(24)8-25-12-4-2-3-11(7-12)23-9-19-21-22-23/h2-7,9H,8H2,1H3,(H,20,24). The van der Waals surface area contributed by atoms with Crippen molar-refractivity contribution in [2.75, 3.05) is 11.9 Å². The van der Waals surface area contributed by atoms with Gasteiger partial charge in [-0.1, -0.05) is 6.07 Å². The lowest BCUT2D eigenvalue weighted by Gasteiger charge is -2.12. The van der Waals surface area contributed by atoms with Crippen LogP contribution < -0.4 is 10.1 Å². The molecule has 2 aromatic carbocycles. The average molecular weight is 467 g/mol. The minimum Gasteiger partial charge on any atom is -0.484 e. The molecule has 3 rings (SSSR count). The Hall–Kier alpha value is -2.26. The van der Waals surface area contributed by atoms with Gasteiger partial charge in [-0.15, -0.1) is 5.10 Å². The van der Waals surface area contributed by atoms with Gasteiger partial charge in [0.15, 0.2) is 6.61 Å². The number of halogens is 2. The molecule has 0 bridgehead atoms. The topological polar surface area (TPSA) is 81.9 Å². The van der Waals surface area contributed by atoms with E-state index in [1.807, 2.05) is 25.1 Å². The first kappa shape index (κ1) is 17.6. The largest absolute Gasteiger partial charge is 0.484 e. The molecule has 0 aliphatic carbocycles. The Kier molecular flexibility index (Phi) is 5.44. The van der Waals surface area contributed by atoms with Gasteiger partial charge in [0.2, 0.25) is 0 Å². The molecular formula is C16H13Br2N5O2. The van der Waals surface area contributed by atoms with E-state index in [1.165, 1.54) is 11.0 Å². The summed E-state index contributed by atoms with van der Waals surface area (Å²) in [7, 11) is 0. The van der Waals surface area contributed by atoms with Crippen molar-refractivity contribution < 1.29 is 9.53 Å². The summed E-state index contributed by atoms with van der Waals surface area (Å²) in [5.74, 6) is 0.281. The van der Waals surface area contributed by atoms with E-state index in [2.05, 4.69) is 52.7 Å². The number of anilines is 1. The molecule has 0 saturated heterocycles. The maximum atomic E-state index is 12.2. The molecule has 0 spiro atoms. The van der Waals surface area contributed by atoms with Crippen LogP contribution in [0.5, 0.6) is 5.75 Å². The van der Waals surface area contributed by atoms with E-state index in [-0.39, 0.29) is 12.5 Å². The molecule has 0 unspecified atom stereocenters. The summed E-state index contributed by atoms with van der Waals surface area (Å²) in [6, 6.07) is 11.0. The number of hydrogen-bond donors (Lipinski definition) is 1. The zero-order chi connectivity index (χ0) is 17.8. The lowest BCUT2D eigenvalue weighted by atomic mass is 10.2. The van der Waals surface area contributed by atoms with Crippen LogP contribution in [0.2, 0.25) is 0 Å². The summed E-state index contributed by atoms with van der Waals surface area (Å²) in [4.78, 5) is 12.2. The molecule has 9 heteroatoms. The number of rotatable bonds is 5. The zero-order valence-electron chi connectivity index (χ0n) is 13.1. The van der Waals surface area contributed by atoms with Crippen molar-refractivity contribution in [2.24, 2.45) is 0 Å². The molecule has 0 saturated carbocycles. The third kappa shape index (κ3) is 4.43. The Morgan fingerprint density at radius 2 is 2.00 bits per heavy atom. The first-order valence-corrected chi connectivity index (χ1v) is 8.83. The van der Waals surface area contributed by atoms with Crippen LogP contribution in [0.3, 0.4) is 0 Å². The second kappa shape index (κ2) is 7.75. The summed E-state index contributed by atoms with van der Waals surface area (Å²) in [5, 5.41) is 13.8. The quantitative estimate of drug-likeness (QED) is 0.622. The lowest BCUT2D eigenvalue weighted by Crippen LogP contribution is -2.20. The van der Waals surface area contributed by atoms with Crippen molar-refractivity contribution in [1.82, 2.24) is 20.2 Å². The van der Waals surface area contributed by atoms with Gasteiger partial charge in [0.25, 0.3) is 5.91 Å². The smallest absolute Gasteiger partial charge is 0.262 e. The maximum absolute atomic E-state index is 12.2. The van der Waals surface area contributed by atoms with E-state index in [0.29, 0.717) is 11.4 Å². The van der Waals surface area contributed by atoms with Crippen LogP contribution >= 0.6 is 31.9 Å². The van der Waals surface area contributed by atoms with Gasteiger partial charge >= 0.3 is 0 Å². The van der Waals surface area contributed by atoms with E-state index < -0.39 is 0 Å². The fraction of sp³-hybridized carbons (Fsp3) is 0.125. The van der Waals surface area contributed by atoms with Crippen LogP contribution in [-0.4, -0.2) is 32.7 Å². The van der Waals surface area contributed by atoms with Gasteiger partial charge < -0.3 is 10.1 Å². The van der Waals surface area contributed by atoms with Crippen molar-refractivity contribution in [2.45, 2.75) is 6.92 Å². The second-order valence-corrected chi connectivity index (χ2v) is 6.90. The maximum Gasteiger partial charge on any atom is 0.262 e. The fourth-order valence-electron chi connectivity index (χ4n) is 2.14. The molecule has 7 nitrogen and oxygen atoms in total. The van der Waals surface area contributed by atoms with Crippen molar-refractivity contribution in [1.29, 1.82) is 0 Å². The summed E-state index contributed by atoms with van der Waals surface area (Å²) in [6.45, 7) is 1.85. The van der Waals surface area contributed by atoms with Gasteiger partial charge in [0.1, 0.15) is 12.1 Å². The average Bonchev–Trinajstić information content (AvgIpc) is 3.11. The van der Waals surface area contributed by atoms with Crippen LogP contribution in [-0.2, 0) is 4.79 Å². The van der Waals surface area contributed by atoms with Gasteiger partial charge in [-0.05, 0) is 79.0 Å². The number of carbonyl (C=O) groups is 1. The molecule has 0 fully saturated rings. The van der Waals surface area contributed by atoms with Crippen molar-refractivity contribution in [3.05, 3.63) is 57.2 Å². The normalized spacial score (nSPS) is 10.5. The molecule has 25 heavy (non-hydrogen) atoms. The third-order valence-electron chi connectivity index (χ3n) is 3.25. The number of aromatic nitrogens is 4. The fourth-order valence-corrected chi connectivity index (χ4v) is 3.75. The van der Waals surface area contributed by atoms with Gasteiger partial charge in [0.05, 0.1) is 11.4 Å². The number of nitrogens with one attached hydrogen (secondary N) is 1. The van der Waals surface area contributed by atoms with E-state index in [1.54, 1.807) is 18.2 Å². The van der Waals surface area contributed by atoms with E-state index in [9.17, 15) is 4.79 Å². The number of tetrazole rings is 1. The minimum atomic E-state index is -0.266. The number of nitrogens with zero attached hydrogens (tertiary/aromatic N) is 4. The van der Waals surface area contributed by atoms with Crippen molar-refractivity contribution in [3.63, 3.8) is 0 Å². The summed E-state index contributed by atoms with van der Waals surface area (Å²) >= 11 is 6.89. The van der Waals surface area contributed by atoms with Gasteiger partial charge in [-0.2, -0.15) is 0 Å². The minimum absolute atomic E-state index is 0.119. The zero-order valence-corrected chi connectivity index (χ0v) is 16.3. The lowest BCUT2D eigenvalue weighted by molar-refractivity contribution is -0.118. The molecular weight excluding hydrogens is 454 g/mol. The molecule has 0 aliphatic heterocycles. The SMILES string of the molecule is Cc1cc(Br)c(NC(=O)COc2cccc(-n3cnnn3)c2)c(Br)c1. The Morgan fingerprint density at radius 3 is 2.68 bits per heavy atom. The molecule has 128 valence electrons. The summed E-state index contributed by atoms with van der Waals surface area (Å²) < 4.78 is 8.66. The Bertz CT molecular complexity index is 876. The molecule has 1 N–H and O–H groups in total.